The zero-order valence-corrected chi connectivity index (χ0v) is 13.1. The molecule has 1 amide bonds. The highest BCUT2D eigenvalue weighted by molar-refractivity contribution is 9.11. The van der Waals surface area contributed by atoms with E-state index >= 15 is 0 Å². The third kappa shape index (κ3) is 4.27. The topological polar surface area (TPSA) is 78.8 Å². The Kier molecular flexibility index (Phi) is 6.46. The lowest BCUT2D eigenvalue weighted by Gasteiger charge is -2.37. The number of aliphatic hydroxyl groups excluding tert-OH is 2. The van der Waals surface area contributed by atoms with Crippen molar-refractivity contribution in [1.29, 1.82) is 0 Å². The Morgan fingerprint density at radius 1 is 1.47 bits per heavy atom. The normalized spacial score (nSPS) is 31.2. The van der Waals surface area contributed by atoms with Crippen LogP contribution in [0.25, 0.3) is 0 Å². The molecule has 0 unspecified atom stereocenters. The lowest BCUT2D eigenvalue weighted by atomic mass is 9.93. The minimum absolute atomic E-state index is 0.0558. The highest BCUT2D eigenvalue weighted by atomic mass is 79.9. The highest BCUT2D eigenvalue weighted by Gasteiger charge is 2.39. The zero-order valence-electron chi connectivity index (χ0n) is 11.5. The van der Waals surface area contributed by atoms with Crippen molar-refractivity contribution in [2.24, 2.45) is 0 Å². The number of nitrogens with one attached hydrogen (secondary N) is 1. The van der Waals surface area contributed by atoms with Crippen LogP contribution in [0.1, 0.15) is 33.6 Å². The summed E-state index contributed by atoms with van der Waals surface area (Å²) in [7, 11) is 0. The monoisotopic (exact) mass is 335 g/mol. The quantitative estimate of drug-likeness (QED) is 0.702. The van der Waals surface area contributed by atoms with Gasteiger partial charge in [0.1, 0.15) is 12.2 Å². The van der Waals surface area contributed by atoms with Gasteiger partial charge in [-0.2, -0.15) is 0 Å². The Morgan fingerprint density at radius 3 is 2.53 bits per heavy atom. The van der Waals surface area contributed by atoms with E-state index < -0.39 is 24.4 Å². The lowest BCUT2D eigenvalue weighted by Crippen LogP contribution is -2.57. The number of aliphatic hydroxyl groups is 2. The van der Waals surface area contributed by atoms with E-state index in [9.17, 15) is 15.0 Å². The highest BCUT2D eigenvalue weighted by Crippen LogP contribution is 2.27. The molecule has 5 nitrogen and oxygen atoms in total. The predicted molar refractivity (Wildman–Crippen MR) is 75.9 cm³/mol. The maximum absolute atomic E-state index is 11.2. The molecule has 4 atom stereocenters. The van der Waals surface area contributed by atoms with E-state index in [0.29, 0.717) is 4.48 Å². The van der Waals surface area contributed by atoms with Gasteiger partial charge in [-0.25, -0.2) is 0 Å². The molecule has 1 aliphatic rings. The van der Waals surface area contributed by atoms with Gasteiger partial charge in [-0.05, 0) is 18.9 Å². The molecule has 0 aromatic heterocycles. The van der Waals surface area contributed by atoms with E-state index in [4.69, 9.17) is 4.74 Å². The molecule has 0 fully saturated rings. The molecule has 1 aliphatic carbocycles. The molecule has 0 aromatic carbocycles. The first-order valence-corrected chi connectivity index (χ1v) is 7.35. The van der Waals surface area contributed by atoms with E-state index in [-0.39, 0.29) is 12.0 Å². The maximum atomic E-state index is 11.2. The summed E-state index contributed by atoms with van der Waals surface area (Å²) >= 11 is 3.22. The van der Waals surface area contributed by atoms with Gasteiger partial charge in [0.2, 0.25) is 5.91 Å². The van der Waals surface area contributed by atoms with Crippen molar-refractivity contribution >= 4 is 21.8 Å². The summed E-state index contributed by atoms with van der Waals surface area (Å²) in [5.74, 6) is -0.263. The Balaban J connectivity index is 2.90. The van der Waals surface area contributed by atoms with Crippen LogP contribution in [-0.4, -0.2) is 46.6 Å². The first kappa shape index (κ1) is 16.6. The van der Waals surface area contributed by atoms with Crippen LogP contribution in [0, 0.1) is 0 Å². The molecule has 0 bridgehead atoms. The number of carbonyl (C=O) groups is 1. The molecule has 6 heteroatoms. The summed E-state index contributed by atoms with van der Waals surface area (Å²) in [5.41, 5.74) is 0. The maximum Gasteiger partial charge on any atom is 0.217 e. The Hall–Kier alpha value is -0.430. The Labute approximate surface area is 122 Å². The Morgan fingerprint density at radius 2 is 2.05 bits per heavy atom. The van der Waals surface area contributed by atoms with E-state index in [1.54, 1.807) is 6.08 Å². The average molecular weight is 336 g/mol. The fourth-order valence-electron chi connectivity index (χ4n) is 2.14. The summed E-state index contributed by atoms with van der Waals surface area (Å²) in [4.78, 5) is 11.2. The van der Waals surface area contributed by atoms with Crippen molar-refractivity contribution < 1.29 is 19.7 Å². The summed E-state index contributed by atoms with van der Waals surface area (Å²) < 4.78 is 6.38. The first-order chi connectivity index (χ1) is 8.90. The standard InChI is InChI=1S/C13H22BrNO4/c1-4-8(5-2)19-10-6-9(14)12(17)13(18)11(10)15-7(3)16/h6,8,10-13,17-18H,4-5H2,1-3H3,(H,15,16)/t10-,11-,12+,13-/m0/s1. The SMILES string of the molecule is CCC(CC)O[C@H]1C=C(Br)[C@@H](O)[C@@H](O)[C@H]1NC(C)=O. The smallest absolute Gasteiger partial charge is 0.217 e. The fraction of sp³-hybridized carbons (Fsp3) is 0.769. The van der Waals surface area contributed by atoms with Crippen LogP contribution >= 0.6 is 15.9 Å². The van der Waals surface area contributed by atoms with Crippen molar-refractivity contribution in [2.75, 3.05) is 0 Å². The van der Waals surface area contributed by atoms with Crippen molar-refractivity contribution in [2.45, 2.75) is 64.1 Å². The molecule has 0 aromatic rings. The lowest BCUT2D eigenvalue weighted by molar-refractivity contribution is -0.125. The van der Waals surface area contributed by atoms with Crippen LogP contribution in [-0.2, 0) is 9.53 Å². The summed E-state index contributed by atoms with van der Waals surface area (Å²) in [6, 6.07) is -0.644. The van der Waals surface area contributed by atoms with Crippen molar-refractivity contribution in [3.05, 3.63) is 10.6 Å². The van der Waals surface area contributed by atoms with Gasteiger partial charge < -0.3 is 20.3 Å². The van der Waals surface area contributed by atoms with Crippen LogP contribution in [0.2, 0.25) is 0 Å². The molecule has 0 radical (unpaired) electrons. The van der Waals surface area contributed by atoms with Crippen LogP contribution in [0.5, 0.6) is 0 Å². The van der Waals surface area contributed by atoms with E-state index in [2.05, 4.69) is 21.2 Å². The van der Waals surface area contributed by atoms with Crippen molar-refractivity contribution in [3.8, 4) is 0 Å². The number of amides is 1. The van der Waals surface area contributed by atoms with Gasteiger partial charge in [0.05, 0.1) is 18.2 Å². The van der Waals surface area contributed by atoms with E-state index in [1.165, 1.54) is 6.92 Å². The van der Waals surface area contributed by atoms with Gasteiger partial charge in [-0.15, -0.1) is 0 Å². The molecule has 1 rings (SSSR count). The average Bonchev–Trinajstić information content (AvgIpc) is 2.37. The minimum Gasteiger partial charge on any atom is -0.388 e. The van der Waals surface area contributed by atoms with Crippen LogP contribution in [0.4, 0.5) is 0 Å². The van der Waals surface area contributed by atoms with Gasteiger partial charge >= 0.3 is 0 Å². The third-order valence-corrected chi connectivity index (χ3v) is 4.02. The molecule has 19 heavy (non-hydrogen) atoms. The second-order valence-electron chi connectivity index (χ2n) is 4.75. The predicted octanol–water partition coefficient (Wildman–Crippen LogP) is 1.08. The summed E-state index contributed by atoms with van der Waals surface area (Å²) in [5, 5.41) is 22.5. The second-order valence-corrected chi connectivity index (χ2v) is 5.67. The van der Waals surface area contributed by atoms with Crippen LogP contribution < -0.4 is 5.32 Å². The number of rotatable bonds is 5. The summed E-state index contributed by atoms with van der Waals surface area (Å²) in [6.45, 7) is 5.42. The molecule has 0 aliphatic heterocycles. The number of ether oxygens (including phenoxy) is 1. The van der Waals surface area contributed by atoms with E-state index in [1.807, 2.05) is 13.8 Å². The van der Waals surface area contributed by atoms with Gasteiger partial charge in [0.25, 0.3) is 0 Å². The molecule has 110 valence electrons. The molecular weight excluding hydrogens is 314 g/mol. The zero-order chi connectivity index (χ0) is 14.6. The first-order valence-electron chi connectivity index (χ1n) is 6.56. The van der Waals surface area contributed by atoms with Crippen LogP contribution in [0.3, 0.4) is 0 Å². The molecular formula is C13H22BrNO4. The van der Waals surface area contributed by atoms with Crippen LogP contribution in [0.15, 0.2) is 10.6 Å². The van der Waals surface area contributed by atoms with Crippen molar-refractivity contribution in [1.82, 2.24) is 5.32 Å². The summed E-state index contributed by atoms with van der Waals surface area (Å²) in [6.07, 6.45) is 0.868. The number of halogens is 1. The van der Waals surface area contributed by atoms with Crippen molar-refractivity contribution in [3.63, 3.8) is 0 Å². The van der Waals surface area contributed by atoms with Gasteiger partial charge in [0, 0.05) is 11.4 Å². The van der Waals surface area contributed by atoms with E-state index in [0.717, 1.165) is 12.8 Å². The molecule has 0 saturated heterocycles. The molecule has 3 N–H and O–H groups in total. The fourth-order valence-corrected chi connectivity index (χ4v) is 2.67. The Bertz CT molecular complexity index is 344. The molecule has 0 saturated carbocycles. The largest absolute Gasteiger partial charge is 0.388 e. The van der Waals surface area contributed by atoms with Gasteiger partial charge in [-0.3, -0.25) is 4.79 Å². The molecule has 0 spiro atoms. The third-order valence-electron chi connectivity index (χ3n) is 3.28. The number of hydrogen-bond donors (Lipinski definition) is 3. The number of carbonyl (C=O) groups excluding carboxylic acids is 1. The second kappa shape index (κ2) is 7.38. The number of hydrogen-bond acceptors (Lipinski definition) is 4. The van der Waals surface area contributed by atoms with Gasteiger partial charge in [0.15, 0.2) is 0 Å². The molecule has 0 heterocycles. The minimum atomic E-state index is -1.09. The van der Waals surface area contributed by atoms with Gasteiger partial charge in [-0.1, -0.05) is 29.8 Å².